The van der Waals surface area contributed by atoms with E-state index < -0.39 is 0 Å². The van der Waals surface area contributed by atoms with E-state index in [9.17, 15) is 0 Å². The first-order valence-corrected chi connectivity index (χ1v) is 9.03. The number of thiocarbonyl (C=S) groups is 1. The number of anilines is 1. The zero-order chi connectivity index (χ0) is 17.8. The molecule has 0 atom stereocenters. The van der Waals surface area contributed by atoms with Crippen LogP contribution in [0.4, 0.5) is 5.69 Å². The number of imidazole rings is 1. The molecule has 0 aliphatic rings. The van der Waals surface area contributed by atoms with Gasteiger partial charge in [0, 0.05) is 12.2 Å². The number of fused-ring (bicyclic) bond motifs is 1. The molecule has 0 aliphatic carbocycles. The van der Waals surface area contributed by atoms with Gasteiger partial charge in [-0.15, -0.1) is 0 Å². The Morgan fingerprint density at radius 3 is 2.27 bits per heavy atom. The van der Waals surface area contributed by atoms with Crippen LogP contribution in [0.2, 0.25) is 0 Å². The minimum absolute atomic E-state index is 0.603. The molecule has 0 unspecified atom stereocenters. The lowest BCUT2D eigenvalue weighted by atomic mass is 10.2. The molecular formula is C22H19N3S. The summed E-state index contributed by atoms with van der Waals surface area (Å²) >= 11 is 5.58. The lowest BCUT2D eigenvalue weighted by Crippen LogP contribution is -2.16. The number of hydrogen-bond acceptors (Lipinski definition) is 2. The van der Waals surface area contributed by atoms with Gasteiger partial charge in [0.1, 0.15) is 5.82 Å². The zero-order valence-electron chi connectivity index (χ0n) is 14.3. The minimum atomic E-state index is 0.603. The molecule has 0 amide bonds. The van der Waals surface area contributed by atoms with Crippen molar-refractivity contribution in [1.82, 2.24) is 9.55 Å². The molecule has 128 valence electrons. The Kier molecular flexibility index (Phi) is 4.75. The monoisotopic (exact) mass is 357 g/mol. The number of hydrogen-bond donors (Lipinski definition) is 1. The van der Waals surface area contributed by atoms with Crippen molar-refractivity contribution >= 4 is 33.9 Å². The van der Waals surface area contributed by atoms with E-state index in [0.29, 0.717) is 6.42 Å². The van der Waals surface area contributed by atoms with Gasteiger partial charge in [-0.05, 0) is 29.8 Å². The summed E-state index contributed by atoms with van der Waals surface area (Å²) in [4.78, 5) is 5.59. The molecule has 0 aliphatic heterocycles. The highest BCUT2D eigenvalue weighted by atomic mass is 32.1. The standard InChI is InChI=1S/C22H19N3S/c26-22(23-18-11-5-2-6-12-18)15-21-24-19-13-7-8-14-20(19)25(21)16-17-9-3-1-4-10-17/h1-14H,15-16H2,(H,23,26). The van der Waals surface area contributed by atoms with Gasteiger partial charge in [0.25, 0.3) is 0 Å². The van der Waals surface area contributed by atoms with Crippen molar-refractivity contribution in [2.45, 2.75) is 13.0 Å². The number of nitrogens with one attached hydrogen (secondary N) is 1. The van der Waals surface area contributed by atoms with Crippen LogP contribution in [0.25, 0.3) is 11.0 Å². The van der Waals surface area contributed by atoms with Crippen molar-refractivity contribution in [3.8, 4) is 0 Å². The third kappa shape index (κ3) is 3.65. The molecule has 0 radical (unpaired) electrons. The molecule has 4 aromatic rings. The molecule has 3 nitrogen and oxygen atoms in total. The zero-order valence-corrected chi connectivity index (χ0v) is 15.1. The molecule has 4 heteroatoms. The Hall–Kier alpha value is -2.98. The second-order valence-electron chi connectivity index (χ2n) is 6.18. The molecule has 0 bridgehead atoms. The van der Waals surface area contributed by atoms with Gasteiger partial charge in [0.2, 0.25) is 0 Å². The van der Waals surface area contributed by atoms with Gasteiger partial charge in [-0.25, -0.2) is 4.98 Å². The second kappa shape index (κ2) is 7.50. The highest BCUT2D eigenvalue weighted by molar-refractivity contribution is 7.80. The van der Waals surface area contributed by atoms with E-state index in [-0.39, 0.29) is 0 Å². The number of rotatable bonds is 5. The van der Waals surface area contributed by atoms with E-state index in [4.69, 9.17) is 17.2 Å². The van der Waals surface area contributed by atoms with Crippen LogP contribution < -0.4 is 5.32 Å². The van der Waals surface area contributed by atoms with Crippen LogP contribution in [-0.4, -0.2) is 14.5 Å². The molecule has 3 aromatic carbocycles. The van der Waals surface area contributed by atoms with Crippen molar-refractivity contribution in [1.29, 1.82) is 0 Å². The Balaban J connectivity index is 1.63. The summed E-state index contributed by atoms with van der Waals surface area (Å²) in [5.74, 6) is 0.975. The van der Waals surface area contributed by atoms with Crippen LogP contribution in [0.15, 0.2) is 84.9 Å². The Morgan fingerprint density at radius 1 is 0.846 bits per heavy atom. The first-order valence-electron chi connectivity index (χ1n) is 8.62. The van der Waals surface area contributed by atoms with Gasteiger partial charge in [-0.3, -0.25) is 0 Å². The minimum Gasteiger partial charge on any atom is -0.350 e. The average molecular weight is 357 g/mol. The summed E-state index contributed by atoms with van der Waals surface area (Å²) in [5.41, 5.74) is 4.39. The molecular weight excluding hydrogens is 338 g/mol. The second-order valence-corrected chi connectivity index (χ2v) is 6.67. The third-order valence-corrected chi connectivity index (χ3v) is 4.54. The highest BCUT2D eigenvalue weighted by Gasteiger charge is 2.12. The third-order valence-electron chi connectivity index (χ3n) is 4.29. The number of para-hydroxylation sites is 3. The highest BCUT2D eigenvalue weighted by Crippen LogP contribution is 2.19. The SMILES string of the molecule is S=C(Cc1nc2ccccc2n1Cc1ccccc1)Nc1ccccc1. The molecule has 26 heavy (non-hydrogen) atoms. The molecule has 0 saturated carbocycles. The van der Waals surface area contributed by atoms with Crippen LogP contribution >= 0.6 is 12.2 Å². The average Bonchev–Trinajstić information content (AvgIpc) is 3.00. The fourth-order valence-electron chi connectivity index (χ4n) is 3.07. The van der Waals surface area contributed by atoms with Crippen molar-refractivity contribution in [3.05, 3.63) is 96.3 Å². The van der Waals surface area contributed by atoms with Crippen LogP contribution in [0.5, 0.6) is 0 Å². The van der Waals surface area contributed by atoms with Gasteiger partial charge in [-0.1, -0.05) is 72.9 Å². The maximum atomic E-state index is 5.58. The van der Waals surface area contributed by atoms with Crippen LogP contribution in [0.3, 0.4) is 0 Å². The van der Waals surface area contributed by atoms with E-state index in [1.807, 2.05) is 48.5 Å². The van der Waals surface area contributed by atoms with Crippen LogP contribution in [0, 0.1) is 0 Å². The molecule has 0 fully saturated rings. The predicted molar refractivity (Wildman–Crippen MR) is 112 cm³/mol. The number of aromatic nitrogens is 2. The molecule has 4 rings (SSSR count). The maximum Gasteiger partial charge on any atom is 0.117 e. The summed E-state index contributed by atoms with van der Waals surface area (Å²) in [6.45, 7) is 0.782. The van der Waals surface area contributed by atoms with E-state index >= 15 is 0 Å². The Bertz CT molecular complexity index is 1020. The molecule has 0 saturated heterocycles. The molecule has 0 spiro atoms. The van der Waals surface area contributed by atoms with Crippen LogP contribution in [0.1, 0.15) is 11.4 Å². The quantitative estimate of drug-likeness (QED) is 0.506. The largest absolute Gasteiger partial charge is 0.350 e. The summed E-state index contributed by atoms with van der Waals surface area (Å²) in [6, 6.07) is 28.7. The predicted octanol–water partition coefficient (Wildman–Crippen LogP) is 5.07. The molecule has 1 aromatic heterocycles. The Labute approximate surface area is 158 Å². The van der Waals surface area contributed by atoms with Gasteiger partial charge < -0.3 is 9.88 Å². The lowest BCUT2D eigenvalue weighted by molar-refractivity contribution is 0.774. The van der Waals surface area contributed by atoms with Gasteiger partial charge in [0.15, 0.2) is 0 Å². The summed E-state index contributed by atoms with van der Waals surface area (Å²) in [6.07, 6.45) is 0.603. The van der Waals surface area contributed by atoms with Gasteiger partial charge in [0.05, 0.1) is 22.4 Å². The van der Waals surface area contributed by atoms with E-state index in [2.05, 4.69) is 46.3 Å². The molecule has 1 N–H and O–H groups in total. The van der Waals surface area contributed by atoms with Crippen molar-refractivity contribution in [3.63, 3.8) is 0 Å². The van der Waals surface area contributed by atoms with Crippen molar-refractivity contribution in [2.75, 3.05) is 5.32 Å². The number of nitrogens with zero attached hydrogens (tertiary/aromatic N) is 2. The van der Waals surface area contributed by atoms with E-state index in [1.54, 1.807) is 0 Å². The fourth-order valence-corrected chi connectivity index (χ4v) is 3.32. The topological polar surface area (TPSA) is 29.9 Å². The van der Waals surface area contributed by atoms with Gasteiger partial charge >= 0.3 is 0 Å². The summed E-state index contributed by atoms with van der Waals surface area (Å²) in [7, 11) is 0. The fraction of sp³-hybridized carbons (Fsp3) is 0.0909. The molecule has 1 heterocycles. The van der Waals surface area contributed by atoms with Crippen LogP contribution in [-0.2, 0) is 13.0 Å². The Morgan fingerprint density at radius 2 is 1.50 bits per heavy atom. The number of benzene rings is 3. The first-order chi connectivity index (χ1) is 12.8. The lowest BCUT2D eigenvalue weighted by Gasteiger charge is -2.11. The maximum absolute atomic E-state index is 5.58. The smallest absolute Gasteiger partial charge is 0.117 e. The summed E-state index contributed by atoms with van der Waals surface area (Å²) < 4.78 is 2.25. The van der Waals surface area contributed by atoms with E-state index in [1.165, 1.54) is 5.56 Å². The van der Waals surface area contributed by atoms with Gasteiger partial charge in [-0.2, -0.15) is 0 Å². The summed E-state index contributed by atoms with van der Waals surface area (Å²) in [5, 5.41) is 3.30. The van der Waals surface area contributed by atoms with Crippen molar-refractivity contribution < 1.29 is 0 Å². The normalized spacial score (nSPS) is 10.8. The van der Waals surface area contributed by atoms with Crippen molar-refractivity contribution in [2.24, 2.45) is 0 Å². The first kappa shape index (κ1) is 16.5. The van der Waals surface area contributed by atoms with E-state index in [0.717, 1.165) is 34.1 Å².